The molecule has 0 radical (unpaired) electrons. The predicted molar refractivity (Wildman–Crippen MR) is 101 cm³/mol. The lowest BCUT2D eigenvalue weighted by Crippen LogP contribution is -2.12. The summed E-state index contributed by atoms with van der Waals surface area (Å²) in [4.78, 5) is 0. The van der Waals surface area contributed by atoms with Gasteiger partial charge in [0, 0.05) is 13.2 Å². The highest BCUT2D eigenvalue weighted by molar-refractivity contribution is 4.51. The van der Waals surface area contributed by atoms with Crippen LogP contribution >= 0.6 is 0 Å². The van der Waals surface area contributed by atoms with E-state index >= 15 is 0 Å². The molecule has 4 nitrogen and oxygen atoms in total. The van der Waals surface area contributed by atoms with Gasteiger partial charge >= 0.3 is 0 Å². The first-order valence-electron chi connectivity index (χ1n) is 9.97. The van der Waals surface area contributed by atoms with Crippen LogP contribution in [-0.2, 0) is 18.9 Å². The van der Waals surface area contributed by atoms with Crippen LogP contribution in [0.3, 0.4) is 0 Å². The molecule has 1 atom stereocenters. The standard InChI is InChI=1S/C20H42O4/c1-5-8-20(4)10-7-12-22-14-16-24-18-17-23-15-13-21-11-6-9-19(2)3/h19-20H,5-18H2,1-4H3. The van der Waals surface area contributed by atoms with Gasteiger partial charge in [-0.3, -0.25) is 0 Å². The average Bonchev–Trinajstić information content (AvgIpc) is 2.54. The van der Waals surface area contributed by atoms with Crippen LogP contribution in [0.1, 0.15) is 66.2 Å². The molecule has 1 unspecified atom stereocenters. The summed E-state index contributed by atoms with van der Waals surface area (Å²) in [6, 6.07) is 0. The summed E-state index contributed by atoms with van der Waals surface area (Å²) in [5, 5.41) is 0. The lowest BCUT2D eigenvalue weighted by Gasteiger charge is -2.10. The Balaban J connectivity index is 3.03. The van der Waals surface area contributed by atoms with Crippen LogP contribution in [0.4, 0.5) is 0 Å². The van der Waals surface area contributed by atoms with Crippen LogP contribution in [0.15, 0.2) is 0 Å². The lowest BCUT2D eigenvalue weighted by molar-refractivity contribution is -0.00281. The Hall–Kier alpha value is -0.160. The quantitative estimate of drug-likeness (QED) is 0.318. The molecule has 0 aliphatic heterocycles. The van der Waals surface area contributed by atoms with E-state index in [1.165, 1.54) is 25.7 Å². The predicted octanol–water partition coefficient (Wildman–Crippen LogP) is 4.71. The lowest BCUT2D eigenvalue weighted by atomic mass is 10.0. The first-order valence-corrected chi connectivity index (χ1v) is 9.97. The molecule has 0 N–H and O–H groups in total. The third kappa shape index (κ3) is 19.9. The Bertz CT molecular complexity index is 234. The third-order valence-electron chi connectivity index (χ3n) is 3.95. The topological polar surface area (TPSA) is 36.9 Å². The second-order valence-electron chi connectivity index (χ2n) is 7.02. The van der Waals surface area contributed by atoms with Crippen LogP contribution < -0.4 is 0 Å². The minimum Gasteiger partial charge on any atom is -0.379 e. The molecule has 0 heterocycles. The molecule has 0 spiro atoms. The molecule has 0 aromatic heterocycles. The van der Waals surface area contributed by atoms with Crippen LogP contribution in [0.2, 0.25) is 0 Å². The smallest absolute Gasteiger partial charge is 0.0701 e. The van der Waals surface area contributed by atoms with Gasteiger partial charge in [-0.25, -0.2) is 0 Å². The van der Waals surface area contributed by atoms with Crippen molar-refractivity contribution in [3.05, 3.63) is 0 Å². The fraction of sp³-hybridized carbons (Fsp3) is 1.00. The highest BCUT2D eigenvalue weighted by Crippen LogP contribution is 2.11. The van der Waals surface area contributed by atoms with Gasteiger partial charge in [-0.05, 0) is 37.5 Å². The highest BCUT2D eigenvalue weighted by Gasteiger charge is 2.00. The molecule has 0 rings (SSSR count). The zero-order chi connectivity index (χ0) is 17.9. The maximum absolute atomic E-state index is 5.58. The van der Waals surface area contributed by atoms with E-state index in [4.69, 9.17) is 18.9 Å². The molecule has 0 amide bonds. The van der Waals surface area contributed by atoms with E-state index in [1.807, 2.05) is 0 Å². The zero-order valence-corrected chi connectivity index (χ0v) is 16.7. The van der Waals surface area contributed by atoms with Crippen molar-refractivity contribution in [2.75, 3.05) is 52.9 Å². The molecule has 4 heteroatoms. The Morgan fingerprint density at radius 1 is 0.542 bits per heavy atom. The molecule has 0 fully saturated rings. The van der Waals surface area contributed by atoms with Crippen LogP contribution in [0.5, 0.6) is 0 Å². The van der Waals surface area contributed by atoms with Gasteiger partial charge in [0.25, 0.3) is 0 Å². The van der Waals surface area contributed by atoms with Gasteiger partial charge in [-0.1, -0.05) is 40.5 Å². The molecule has 0 aromatic carbocycles. The van der Waals surface area contributed by atoms with Gasteiger partial charge in [0.15, 0.2) is 0 Å². The van der Waals surface area contributed by atoms with Gasteiger partial charge in [-0.2, -0.15) is 0 Å². The number of hydrogen-bond acceptors (Lipinski definition) is 4. The molecule has 0 saturated carbocycles. The van der Waals surface area contributed by atoms with E-state index < -0.39 is 0 Å². The van der Waals surface area contributed by atoms with Crippen molar-refractivity contribution >= 4 is 0 Å². The molecule has 24 heavy (non-hydrogen) atoms. The van der Waals surface area contributed by atoms with Gasteiger partial charge in [0.2, 0.25) is 0 Å². The van der Waals surface area contributed by atoms with Crippen molar-refractivity contribution in [3.63, 3.8) is 0 Å². The van der Waals surface area contributed by atoms with E-state index in [2.05, 4.69) is 27.7 Å². The van der Waals surface area contributed by atoms with E-state index in [0.717, 1.165) is 37.9 Å². The fourth-order valence-electron chi connectivity index (χ4n) is 2.53. The molecular formula is C20H42O4. The SMILES string of the molecule is CCCC(C)CCCOCCOCCOCCOCCCC(C)C. The summed E-state index contributed by atoms with van der Waals surface area (Å²) in [5.74, 6) is 1.58. The zero-order valence-electron chi connectivity index (χ0n) is 16.7. The third-order valence-corrected chi connectivity index (χ3v) is 3.95. The molecule has 0 aliphatic carbocycles. The minimum absolute atomic E-state index is 0.629. The normalized spacial score (nSPS) is 12.9. The Labute approximate surface area is 150 Å². The van der Waals surface area contributed by atoms with Crippen molar-refractivity contribution in [3.8, 4) is 0 Å². The van der Waals surface area contributed by atoms with Crippen LogP contribution in [0.25, 0.3) is 0 Å². The molecular weight excluding hydrogens is 304 g/mol. The van der Waals surface area contributed by atoms with Crippen molar-refractivity contribution in [1.82, 2.24) is 0 Å². The average molecular weight is 347 g/mol. The van der Waals surface area contributed by atoms with Gasteiger partial charge in [0.05, 0.1) is 39.6 Å². The highest BCUT2D eigenvalue weighted by atomic mass is 16.6. The van der Waals surface area contributed by atoms with E-state index in [1.54, 1.807) is 0 Å². The van der Waals surface area contributed by atoms with E-state index in [9.17, 15) is 0 Å². The first-order chi connectivity index (χ1) is 11.7. The number of ether oxygens (including phenoxy) is 4. The molecule has 0 aromatic rings. The van der Waals surface area contributed by atoms with Gasteiger partial charge < -0.3 is 18.9 Å². The maximum atomic E-state index is 5.58. The second kappa shape index (κ2) is 19.2. The van der Waals surface area contributed by atoms with Crippen molar-refractivity contribution < 1.29 is 18.9 Å². The Morgan fingerprint density at radius 2 is 0.958 bits per heavy atom. The summed E-state index contributed by atoms with van der Waals surface area (Å²) in [6.45, 7) is 14.7. The largest absolute Gasteiger partial charge is 0.379 e. The first kappa shape index (κ1) is 23.8. The fourth-order valence-corrected chi connectivity index (χ4v) is 2.53. The Kier molecular flexibility index (Phi) is 19.0. The summed E-state index contributed by atoms with van der Waals surface area (Å²) >= 11 is 0. The van der Waals surface area contributed by atoms with Gasteiger partial charge in [0.1, 0.15) is 0 Å². The minimum atomic E-state index is 0.629. The van der Waals surface area contributed by atoms with Crippen molar-refractivity contribution in [2.24, 2.45) is 11.8 Å². The summed E-state index contributed by atoms with van der Waals surface area (Å²) in [5.41, 5.74) is 0. The number of hydrogen-bond donors (Lipinski definition) is 0. The molecule has 146 valence electrons. The van der Waals surface area contributed by atoms with Crippen molar-refractivity contribution in [2.45, 2.75) is 66.2 Å². The van der Waals surface area contributed by atoms with Crippen LogP contribution in [-0.4, -0.2) is 52.9 Å². The van der Waals surface area contributed by atoms with E-state index in [0.29, 0.717) is 39.6 Å². The maximum Gasteiger partial charge on any atom is 0.0701 e. The summed E-state index contributed by atoms with van der Waals surface area (Å²) < 4.78 is 22.0. The van der Waals surface area contributed by atoms with Crippen LogP contribution in [0, 0.1) is 11.8 Å². The van der Waals surface area contributed by atoms with Crippen molar-refractivity contribution in [1.29, 1.82) is 0 Å². The summed E-state index contributed by atoms with van der Waals surface area (Å²) in [7, 11) is 0. The van der Waals surface area contributed by atoms with Gasteiger partial charge in [-0.15, -0.1) is 0 Å². The molecule has 0 bridgehead atoms. The van der Waals surface area contributed by atoms with E-state index in [-0.39, 0.29) is 0 Å². The molecule has 0 aliphatic rings. The second-order valence-corrected chi connectivity index (χ2v) is 7.02. The number of rotatable bonds is 19. The molecule has 0 saturated heterocycles. The monoisotopic (exact) mass is 346 g/mol. The summed E-state index contributed by atoms with van der Waals surface area (Å²) in [6.07, 6.45) is 7.39. The Morgan fingerprint density at radius 3 is 1.38 bits per heavy atom.